The Labute approximate surface area is 120 Å². The number of hydrogen-bond donors (Lipinski definition) is 2. The molecule has 0 aliphatic rings. The van der Waals surface area contributed by atoms with Gasteiger partial charge in [-0.15, -0.1) is 0 Å². The van der Waals surface area contributed by atoms with Crippen LogP contribution in [0.5, 0.6) is 0 Å². The number of alkyl carbamates (subject to hydrolysis) is 1. The molecule has 0 saturated carbocycles. The van der Waals surface area contributed by atoms with Crippen molar-refractivity contribution < 1.29 is 22.7 Å². The fraction of sp³-hybridized carbons (Fsp3) is 0.538. The zero-order valence-corrected chi connectivity index (χ0v) is 12.0. The number of aromatic nitrogens is 1. The number of alkyl halides is 3. The molecule has 0 radical (unpaired) electrons. The Morgan fingerprint density at radius 2 is 2.00 bits per heavy atom. The molecule has 1 aromatic rings. The predicted octanol–water partition coefficient (Wildman–Crippen LogP) is 2.62. The van der Waals surface area contributed by atoms with Crippen molar-refractivity contribution in [2.24, 2.45) is 5.73 Å². The number of carbonyl (C=O) groups excluding carboxylic acids is 1. The smallest absolute Gasteiger partial charge is 0.433 e. The lowest BCUT2D eigenvalue weighted by atomic mass is 10.1. The van der Waals surface area contributed by atoms with Crippen LogP contribution in [0.3, 0.4) is 0 Å². The van der Waals surface area contributed by atoms with Crippen LogP contribution in [0.1, 0.15) is 38.1 Å². The van der Waals surface area contributed by atoms with Crippen molar-refractivity contribution in [2.45, 2.75) is 38.6 Å². The number of carbonyl (C=O) groups is 1. The lowest BCUT2D eigenvalue weighted by Crippen LogP contribution is -2.36. The minimum Gasteiger partial charge on any atom is -0.444 e. The Morgan fingerprint density at radius 1 is 1.38 bits per heavy atom. The lowest BCUT2D eigenvalue weighted by molar-refractivity contribution is -0.141. The highest BCUT2D eigenvalue weighted by molar-refractivity contribution is 5.67. The van der Waals surface area contributed by atoms with Gasteiger partial charge >= 0.3 is 12.3 Å². The van der Waals surface area contributed by atoms with E-state index in [2.05, 4.69) is 10.3 Å². The van der Waals surface area contributed by atoms with Crippen molar-refractivity contribution in [2.75, 3.05) is 6.54 Å². The van der Waals surface area contributed by atoms with Gasteiger partial charge in [-0.25, -0.2) is 4.79 Å². The van der Waals surface area contributed by atoms with Gasteiger partial charge in [0.15, 0.2) is 0 Å². The van der Waals surface area contributed by atoms with Crippen molar-refractivity contribution in [1.29, 1.82) is 0 Å². The number of nitrogens with zero attached hydrogens (tertiary/aromatic N) is 1. The maximum Gasteiger partial charge on any atom is 0.433 e. The van der Waals surface area contributed by atoms with Crippen LogP contribution in [0.2, 0.25) is 0 Å². The number of nitrogens with two attached hydrogens (primary N) is 1. The topological polar surface area (TPSA) is 77.2 Å². The van der Waals surface area contributed by atoms with Crippen LogP contribution in [0, 0.1) is 0 Å². The molecule has 0 aromatic carbocycles. The monoisotopic (exact) mass is 305 g/mol. The van der Waals surface area contributed by atoms with Crippen molar-refractivity contribution >= 4 is 6.09 Å². The van der Waals surface area contributed by atoms with Gasteiger partial charge in [0.2, 0.25) is 0 Å². The third kappa shape index (κ3) is 5.99. The Hall–Kier alpha value is -1.83. The largest absolute Gasteiger partial charge is 0.444 e. The number of rotatable bonds is 3. The van der Waals surface area contributed by atoms with Crippen LogP contribution in [0.25, 0.3) is 0 Å². The second-order valence-corrected chi connectivity index (χ2v) is 5.46. The van der Waals surface area contributed by atoms with Crippen LogP contribution in [-0.4, -0.2) is 23.2 Å². The molecule has 1 amide bonds. The third-order valence-corrected chi connectivity index (χ3v) is 2.37. The molecule has 118 valence electrons. The van der Waals surface area contributed by atoms with Gasteiger partial charge in [0.1, 0.15) is 11.3 Å². The molecular weight excluding hydrogens is 287 g/mol. The highest BCUT2D eigenvalue weighted by Crippen LogP contribution is 2.27. The molecule has 0 fully saturated rings. The molecule has 5 nitrogen and oxygen atoms in total. The lowest BCUT2D eigenvalue weighted by Gasteiger charge is -2.21. The zero-order valence-electron chi connectivity index (χ0n) is 12.0. The van der Waals surface area contributed by atoms with Gasteiger partial charge in [-0.05, 0) is 32.4 Å². The first-order chi connectivity index (χ1) is 9.49. The van der Waals surface area contributed by atoms with E-state index in [-0.39, 0.29) is 6.54 Å². The molecule has 0 aliphatic heterocycles. The van der Waals surface area contributed by atoms with Crippen molar-refractivity contribution in [1.82, 2.24) is 10.3 Å². The molecule has 0 aliphatic carbocycles. The second-order valence-electron chi connectivity index (χ2n) is 5.46. The number of nitrogens with one attached hydrogen (secondary N) is 1. The van der Waals surface area contributed by atoms with Gasteiger partial charge in [-0.1, -0.05) is 6.07 Å². The first-order valence-corrected chi connectivity index (χ1v) is 6.24. The number of amides is 1. The molecule has 1 rings (SSSR count). The molecule has 1 unspecified atom stereocenters. The van der Waals surface area contributed by atoms with E-state index >= 15 is 0 Å². The SMILES string of the molecule is CC(C)(C)OC(=O)NCC(N)c1ccc(C(F)(F)F)nc1. The second kappa shape index (κ2) is 6.30. The van der Waals surface area contributed by atoms with E-state index in [9.17, 15) is 18.0 Å². The highest BCUT2D eigenvalue weighted by Gasteiger charge is 2.32. The van der Waals surface area contributed by atoms with Crippen molar-refractivity contribution in [3.8, 4) is 0 Å². The van der Waals surface area contributed by atoms with Crippen LogP contribution < -0.4 is 11.1 Å². The van der Waals surface area contributed by atoms with Crippen LogP contribution in [-0.2, 0) is 10.9 Å². The Balaban J connectivity index is 2.56. The quantitative estimate of drug-likeness (QED) is 0.900. The normalized spacial score (nSPS) is 13.7. The summed E-state index contributed by atoms with van der Waals surface area (Å²) in [5.41, 5.74) is 4.54. The molecule has 1 aromatic heterocycles. The summed E-state index contributed by atoms with van der Waals surface area (Å²) in [5, 5.41) is 2.45. The Kier molecular flexibility index (Phi) is 5.16. The van der Waals surface area contributed by atoms with Gasteiger partial charge in [-0.2, -0.15) is 13.2 Å². The number of ether oxygens (including phenoxy) is 1. The summed E-state index contributed by atoms with van der Waals surface area (Å²) in [7, 11) is 0. The summed E-state index contributed by atoms with van der Waals surface area (Å²) in [4.78, 5) is 14.7. The molecule has 1 atom stereocenters. The summed E-state index contributed by atoms with van der Waals surface area (Å²) in [6.07, 6.45) is -4.08. The summed E-state index contributed by atoms with van der Waals surface area (Å²) < 4.78 is 42.1. The third-order valence-electron chi connectivity index (χ3n) is 2.37. The van der Waals surface area contributed by atoms with E-state index in [0.717, 1.165) is 12.3 Å². The van der Waals surface area contributed by atoms with Gasteiger partial charge in [-0.3, -0.25) is 4.98 Å². The predicted molar refractivity (Wildman–Crippen MR) is 70.4 cm³/mol. The average Bonchev–Trinajstić information content (AvgIpc) is 2.33. The van der Waals surface area contributed by atoms with Gasteiger partial charge in [0, 0.05) is 18.8 Å². The first-order valence-electron chi connectivity index (χ1n) is 6.24. The summed E-state index contributed by atoms with van der Waals surface area (Å²) in [6, 6.07) is 1.41. The number of pyridine rings is 1. The van der Waals surface area contributed by atoms with E-state index in [0.29, 0.717) is 5.56 Å². The maximum absolute atomic E-state index is 12.4. The zero-order chi connectivity index (χ0) is 16.3. The summed E-state index contributed by atoms with van der Waals surface area (Å²) in [5.74, 6) is 0. The minimum absolute atomic E-state index is 0.0297. The molecule has 0 spiro atoms. The van der Waals surface area contributed by atoms with Crippen molar-refractivity contribution in [3.05, 3.63) is 29.6 Å². The van der Waals surface area contributed by atoms with E-state index in [1.807, 2.05) is 0 Å². The Morgan fingerprint density at radius 3 is 2.43 bits per heavy atom. The maximum atomic E-state index is 12.4. The first kappa shape index (κ1) is 17.2. The van der Waals surface area contributed by atoms with E-state index in [1.54, 1.807) is 20.8 Å². The molecule has 0 saturated heterocycles. The van der Waals surface area contributed by atoms with Gasteiger partial charge in [0.25, 0.3) is 0 Å². The van der Waals surface area contributed by atoms with E-state index < -0.39 is 29.6 Å². The van der Waals surface area contributed by atoms with E-state index in [4.69, 9.17) is 10.5 Å². The summed E-state index contributed by atoms with van der Waals surface area (Å²) >= 11 is 0. The molecule has 3 N–H and O–H groups in total. The van der Waals surface area contributed by atoms with Crippen LogP contribution in [0.4, 0.5) is 18.0 Å². The number of hydrogen-bond acceptors (Lipinski definition) is 4. The fourth-order valence-electron chi connectivity index (χ4n) is 1.42. The van der Waals surface area contributed by atoms with E-state index in [1.165, 1.54) is 6.07 Å². The molecular formula is C13H18F3N3O2. The molecule has 1 heterocycles. The van der Waals surface area contributed by atoms with Gasteiger partial charge < -0.3 is 15.8 Å². The Bertz CT molecular complexity index is 481. The minimum atomic E-state index is -4.49. The molecule has 8 heteroatoms. The summed E-state index contributed by atoms with van der Waals surface area (Å²) in [6.45, 7) is 5.17. The average molecular weight is 305 g/mol. The molecule has 21 heavy (non-hydrogen) atoms. The number of halogens is 3. The van der Waals surface area contributed by atoms with Crippen LogP contribution in [0.15, 0.2) is 18.3 Å². The fourth-order valence-corrected chi connectivity index (χ4v) is 1.42. The van der Waals surface area contributed by atoms with Crippen LogP contribution >= 0.6 is 0 Å². The standard InChI is InChI=1S/C13H18F3N3O2/c1-12(2,3)21-11(20)19-7-9(17)8-4-5-10(18-6-8)13(14,15)16/h4-6,9H,7,17H2,1-3H3,(H,19,20). The molecule has 0 bridgehead atoms. The van der Waals surface area contributed by atoms with Crippen molar-refractivity contribution in [3.63, 3.8) is 0 Å². The highest BCUT2D eigenvalue weighted by atomic mass is 19.4. The van der Waals surface area contributed by atoms with Gasteiger partial charge in [0.05, 0.1) is 0 Å².